The number of aliphatic imine (C=N–C) groups is 1. The number of primary amides is 1. The molecule has 1 aromatic rings. The van der Waals surface area contributed by atoms with Crippen molar-refractivity contribution >= 4 is 41.5 Å². The zero-order valence-corrected chi connectivity index (χ0v) is 20.3. The second-order valence-corrected chi connectivity index (χ2v) is 8.13. The number of carboxylic acid groups (broad SMARTS) is 2. The lowest BCUT2D eigenvalue weighted by Crippen LogP contribution is -2.58. The number of aliphatic carboxylic acids is 2. The molecule has 18 nitrogen and oxygen atoms in total. The fourth-order valence-electron chi connectivity index (χ4n) is 3.10. The first-order valence-corrected chi connectivity index (χ1v) is 11.2. The number of carboxylic acids is 2. The number of hydrogen-bond donors (Lipinski definition) is 10. The number of nitrogens with one attached hydrogen (secondary N) is 4. The number of carbonyl (C=O) groups excluding carboxylic acids is 4. The summed E-state index contributed by atoms with van der Waals surface area (Å²) in [5.41, 5.74) is 21.5. The largest absolute Gasteiger partial charge is 0.481 e. The van der Waals surface area contributed by atoms with Gasteiger partial charge in [-0.3, -0.25) is 29.0 Å². The molecule has 0 aliphatic heterocycles. The maximum absolute atomic E-state index is 13.0. The van der Waals surface area contributed by atoms with E-state index in [1.54, 1.807) is 0 Å². The molecule has 1 aromatic heterocycles. The molecular formula is C20H32N10O8. The van der Waals surface area contributed by atoms with Gasteiger partial charge in [0.15, 0.2) is 5.96 Å². The molecule has 4 unspecified atom stereocenters. The van der Waals surface area contributed by atoms with Gasteiger partial charge >= 0.3 is 11.9 Å². The summed E-state index contributed by atoms with van der Waals surface area (Å²) in [6.07, 6.45) is 1.24. The van der Waals surface area contributed by atoms with E-state index in [9.17, 15) is 33.9 Å². The van der Waals surface area contributed by atoms with Crippen molar-refractivity contribution in [1.29, 1.82) is 0 Å². The third-order valence-electron chi connectivity index (χ3n) is 4.94. The lowest BCUT2D eigenvalue weighted by atomic mass is 10.1. The van der Waals surface area contributed by atoms with Crippen LogP contribution in [0.1, 0.15) is 31.4 Å². The Labute approximate surface area is 216 Å². The van der Waals surface area contributed by atoms with E-state index in [1.165, 1.54) is 12.5 Å². The predicted octanol–water partition coefficient (Wildman–Crippen LogP) is -4.78. The van der Waals surface area contributed by atoms with Gasteiger partial charge in [-0.15, -0.1) is 0 Å². The third kappa shape index (κ3) is 11.8. The van der Waals surface area contributed by atoms with Crippen molar-refractivity contribution in [3.63, 3.8) is 0 Å². The molecule has 0 saturated heterocycles. The minimum absolute atomic E-state index is 0.0373. The van der Waals surface area contributed by atoms with Crippen LogP contribution in [0.4, 0.5) is 0 Å². The average Bonchev–Trinajstić information content (AvgIpc) is 3.32. The Balaban J connectivity index is 3.05. The number of nitrogens with two attached hydrogens (primary N) is 4. The summed E-state index contributed by atoms with van der Waals surface area (Å²) in [5, 5.41) is 25.1. The number of aromatic nitrogens is 2. The van der Waals surface area contributed by atoms with Crippen LogP contribution in [0.2, 0.25) is 0 Å². The van der Waals surface area contributed by atoms with Crippen LogP contribution in [-0.4, -0.2) is 92.4 Å². The van der Waals surface area contributed by atoms with Gasteiger partial charge in [-0.1, -0.05) is 0 Å². The molecule has 0 fully saturated rings. The van der Waals surface area contributed by atoms with Gasteiger partial charge in [0.2, 0.25) is 23.6 Å². The average molecular weight is 541 g/mol. The van der Waals surface area contributed by atoms with Crippen molar-refractivity contribution in [3.05, 3.63) is 18.2 Å². The van der Waals surface area contributed by atoms with Gasteiger partial charge in [-0.25, -0.2) is 9.78 Å². The number of hydrogen-bond acceptors (Lipinski definition) is 9. The van der Waals surface area contributed by atoms with Gasteiger partial charge < -0.3 is 54.1 Å². The fraction of sp³-hybridized carbons (Fsp3) is 0.500. The van der Waals surface area contributed by atoms with Gasteiger partial charge in [0.25, 0.3) is 0 Å². The molecule has 0 saturated carbocycles. The minimum Gasteiger partial charge on any atom is -0.481 e. The van der Waals surface area contributed by atoms with Crippen molar-refractivity contribution in [1.82, 2.24) is 25.9 Å². The lowest BCUT2D eigenvalue weighted by molar-refractivity contribution is -0.142. The highest BCUT2D eigenvalue weighted by Crippen LogP contribution is 2.05. The summed E-state index contributed by atoms with van der Waals surface area (Å²) in [4.78, 5) is 82.4. The van der Waals surface area contributed by atoms with Crippen molar-refractivity contribution in [2.24, 2.45) is 27.9 Å². The quantitative estimate of drug-likeness (QED) is 0.0505. The molecule has 38 heavy (non-hydrogen) atoms. The molecular weight excluding hydrogens is 508 g/mol. The molecule has 18 heteroatoms. The van der Waals surface area contributed by atoms with Crippen LogP contribution in [-0.2, 0) is 35.2 Å². The van der Waals surface area contributed by atoms with E-state index in [1.807, 2.05) is 0 Å². The zero-order valence-electron chi connectivity index (χ0n) is 20.3. The Morgan fingerprint density at radius 2 is 1.53 bits per heavy atom. The van der Waals surface area contributed by atoms with E-state index in [0.29, 0.717) is 5.69 Å². The number of guanidine groups is 1. The number of imidazole rings is 1. The topological polar surface area (TPSA) is 324 Å². The van der Waals surface area contributed by atoms with Crippen LogP contribution in [0.15, 0.2) is 17.5 Å². The normalized spacial score (nSPS) is 13.7. The number of carbonyl (C=O) groups is 6. The third-order valence-corrected chi connectivity index (χ3v) is 4.94. The summed E-state index contributed by atoms with van der Waals surface area (Å²) in [6, 6.07) is -5.88. The minimum atomic E-state index is -1.60. The maximum atomic E-state index is 13.0. The van der Waals surface area contributed by atoms with E-state index in [0.717, 1.165) is 0 Å². The van der Waals surface area contributed by atoms with Gasteiger partial charge in [0, 0.05) is 24.9 Å². The summed E-state index contributed by atoms with van der Waals surface area (Å²) in [6.45, 7) is 0.120. The van der Waals surface area contributed by atoms with Gasteiger partial charge in [0.1, 0.15) is 18.1 Å². The van der Waals surface area contributed by atoms with E-state index < -0.39 is 72.6 Å². The number of amides is 4. The fourth-order valence-corrected chi connectivity index (χ4v) is 3.10. The number of nitrogens with zero attached hydrogens (tertiary/aromatic N) is 2. The molecule has 1 heterocycles. The molecule has 4 atom stereocenters. The molecule has 4 amide bonds. The van der Waals surface area contributed by atoms with Crippen LogP contribution in [0.25, 0.3) is 0 Å². The van der Waals surface area contributed by atoms with E-state index in [-0.39, 0.29) is 31.8 Å². The van der Waals surface area contributed by atoms with Crippen LogP contribution >= 0.6 is 0 Å². The molecule has 0 bridgehead atoms. The SMILES string of the molecule is NC(=O)CC(NC(=O)C(N)CC(=O)O)C(=O)NC(Cc1cnc[nH]1)C(=O)NC(CCCN=C(N)N)C(=O)O. The molecule has 0 aliphatic rings. The molecule has 210 valence electrons. The van der Waals surface area contributed by atoms with E-state index in [4.69, 9.17) is 28.0 Å². The Bertz CT molecular complexity index is 1030. The highest BCUT2D eigenvalue weighted by molar-refractivity contribution is 5.96. The summed E-state index contributed by atoms with van der Waals surface area (Å²) < 4.78 is 0. The number of H-pyrrole nitrogens is 1. The Morgan fingerprint density at radius 1 is 0.921 bits per heavy atom. The molecule has 0 radical (unpaired) electrons. The first-order valence-electron chi connectivity index (χ1n) is 11.2. The van der Waals surface area contributed by atoms with Crippen LogP contribution in [0.5, 0.6) is 0 Å². The van der Waals surface area contributed by atoms with Crippen molar-refractivity contribution < 1.29 is 39.0 Å². The number of rotatable bonds is 17. The van der Waals surface area contributed by atoms with Gasteiger partial charge in [0.05, 0.1) is 25.2 Å². The molecule has 14 N–H and O–H groups in total. The number of aromatic amines is 1. The Hall–Kier alpha value is -4.74. The summed E-state index contributed by atoms with van der Waals surface area (Å²) in [7, 11) is 0. The molecule has 0 aliphatic carbocycles. The molecule has 1 rings (SSSR count). The monoisotopic (exact) mass is 540 g/mol. The van der Waals surface area contributed by atoms with Crippen LogP contribution < -0.4 is 38.9 Å². The van der Waals surface area contributed by atoms with Gasteiger partial charge in [-0.05, 0) is 12.8 Å². The molecule has 0 spiro atoms. The highest BCUT2D eigenvalue weighted by Gasteiger charge is 2.31. The first-order chi connectivity index (χ1) is 17.8. The van der Waals surface area contributed by atoms with Crippen molar-refractivity contribution in [2.45, 2.75) is 56.3 Å². The van der Waals surface area contributed by atoms with E-state index >= 15 is 0 Å². The van der Waals surface area contributed by atoms with Crippen molar-refractivity contribution in [2.75, 3.05) is 6.54 Å². The van der Waals surface area contributed by atoms with Gasteiger partial charge in [-0.2, -0.15) is 0 Å². The standard InChI is InChI=1S/C20H32N10O8/c21-10(5-15(32)33)16(34)29-13(6-14(22)31)18(36)30-12(4-9-7-25-8-27-9)17(35)28-11(19(37)38)2-1-3-26-20(23)24/h7-8,10-13H,1-6,21H2,(H2,22,31)(H,25,27)(H,28,35)(H,29,34)(H,30,36)(H,32,33)(H,37,38)(H4,23,24,26). The summed E-state index contributed by atoms with van der Waals surface area (Å²) >= 11 is 0. The lowest BCUT2D eigenvalue weighted by Gasteiger charge is -2.24. The smallest absolute Gasteiger partial charge is 0.326 e. The van der Waals surface area contributed by atoms with Crippen LogP contribution in [0.3, 0.4) is 0 Å². The van der Waals surface area contributed by atoms with Crippen molar-refractivity contribution in [3.8, 4) is 0 Å². The van der Waals surface area contributed by atoms with Crippen LogP contribution in [0, 0.1) is 0 Å². The second-order valence-electron chi connectivity index (χ2n) is 8.13. The zero-order chi connectivity index (χ0) is 28.8. The summed E-state index contributed by atoms with van der Waals surface area (Å²) in [5.74, 6) is -6.85. The second kappa shape index (κ2) is 15.4. The first kappa shape index (κ1) is 31.3. The molecule has 0 aromatic carbocycles. The predicted molar refractivity (Wildman–Crippen MR) is 130 cm³/mol. The Kier molecular flexibility index (Phi) is 12.7. The highest BCUT2D eigenvalue weighted by atomic mass is 16.4. The maximum Gasteiger partial charge on any atom is 0.326 e. The van der Waals surface area contributed by atoms with E-state index in [2.05, 4.69) is 30.9 Å². The Morgan fingerprint density at radius 3 is 2.05 bits per heavy atom.